The number of anilines is 1. The Labute approximate surface area is 110 Å². The van der Waals surface area contributed by atoms with Crippen LogP contribution in [0, 0.1) is 3.57 Å². The average Bonchev–Trinajstić information content (AvgIpc) is 2.30. The second-order valence-electron chi connectivity index (χ2n) is 4.22. The van der Waals surface area contributed by atoms with Crippen LogP contribution >= 0.6 is 22.6 Å². The third kappa shape index (κ3) is 2.67. The monoisotopic (exact) mass is 332 g/mol. The Morgan fingerprint density at radius 3 is 2.56 bits per heavy atom. The molecule has 88 valence electrons. The van der Waals surface area contributed by atoms with Gasteiger partial charge in [0.05, 0.1) is 6.61 Å². The number of rotatable bonds is 2. The van der Waals surface area contributed by atoms with Gasteiger partial charge in [0.15, 0.2) is 0 Å². The SMILES string of the molecule is CN1CCN(c2ccc(I)cc2CO)CC1. The van der Waals surface area contributed by atoms with Crippen molar-refractivity contribution in [2.24, 2.45) is 0 Å². The summed E-state index contributed by atoms with van der Waals surface area (Å²) in [6.07, 6.45) is 0. The maximum atomic E-state index is 9.39. The molecule has 1 aromatic rings. The van der Waals surface area contributed by atoms with Crippen molar-refractivity contribution in [1.29, 1.82) is 0 Å². The van der Waals surface area contributed by atoms with Crippen LogP contribution in [0.3, 0.4) is 0 Å². The molecular formula is C12H17IN2O. The molecule has 1 fully saturated rings. The first kappa shape index (κ1) is 12.1. The largest absolute Gasteiger partial charge is 0.392 e. The van der Waals surface area contributed by atoms with Crippen LogP contribution in [0.2, 0.25) is 0 Å². The van der Waals surface area contributed by atoms with E-state index in [1.807, 2.05) is 0 Å². The summed E-state index contributed by atoms with van der Waals surface area (Å²) in [4.78, 5) is 4.70. The minimum atomic E-state index is 0.124. The van der Waals surface area contributed by atoms with Crippen molar-refractivity contribution in [3.63, 3.8) is 0 Å². The highest BCUT2D eigenvalue weighted by atomic mass is 127. The fourth-order valence-corrected chi connectivity index (χ4v) is 2.59. The summed E-state index contributed by atoms with van der Waals surface area (Å²) in [7, 11) is 2.15. The number of aliphatic hydroxyl groups is 1. The molecule has 0 aromatic heterocycles. The normalized spacial score (nSPS) is 17.8. The van der Waals surface area contributed by atoms with E-state index in [4.69, 9.17) is 0 Å². The maximum Gasteiger partial charge on any atom is 0.0702 e. The first-order chi connectivity index (χ1) is 7.70. The Morgan fingerprint density at radius 2 is 1.94 bits per heavy atom. The van der Waals surface area contributed by atoms with E-state index >= 15 is 0 Å². The average molecular weight is 332 g/mol. The molecule has 0 radical (unpaired) electrons. The van der Waals surface area contributed by atoms with Crippen LogP contribution in [0.4, 0.5) is 5.69 Å². The molecule has 2 rings (SSSR count). The fraction of sp³-hybridized carbons (Fsp3) is 0.500. The maximum absolute atomic E-state index is 9.39. The van der Waals surface area contributed by atoms with Crippen molar-refractivity contribution in [2.75, 3.05) is 38.1 Å². The molecule has 0 spiro atoms. The minimum absolute atomic E-state index is 0.124. The second kappa shape index (κ2) is 5.33. The molecule has 1 aromatic carbocycles. The quantitative estimate of drug-likeness (QED) is 0.833. The Kier molecular flexibility index (Phi) is 4.05. The van der Waals surface area contributed by atoms with Gasteiger partial charge in [-0.3, -0.25) is 0 Å². The van der Waals surface area contributed by atoms with Gasteiger partial charge in [0.25, 0.3) is 0 Å². The van der Waals surface area contributed by atoms with E-state index in [0.29, 0.717) is 0 Å². The summed E-state index contributed by atoms with van der Waals surface area (Å²) in [5, 5.41) is 9.39. The zero-order valence-corrected chi connectivity index (χ0v) is 11.6. The van der Waals surface area contributed by atoms with Crippen LogP contribution in [0.15, 0.2) is 18.2 Å². The molecule has 0 unspecified atom stereocenters. The van der Waals surface area contributed by atoms with Gasteiger partial charge < -0.3 is 14.9 Å². The molecule has 0 saturated carbocycles. The summed E-state index contributed by atoms with van der Waals surface area (Å²) < 4.78 is 1.18. The Morgan fingerprint density at radius 1 is 1.25 bits per heavy atom. The van der Waals surface area contributed by atoms with Gasteiger partial charge in [-0.1, -0.05) is 0 Å². The van der Waals surface area contributed by atoms with E-state index < -0.39 is 0 Å². The number of likely N-dealkylation sites (N-methyl/N-ethyl adjacent to an activating group) is 1. The lowest BCUT2D eigenvalue weighted by molar-refractivity contribution is 0.280. The summed E-state index contributed by atoms with van der Waals surface area (Å²) in [5.41, 5.74) is 2.23. The predicted molar refractivity (Wildman–Crippen MR) is 74.8 cm³/mol. The molecule has 1 aliphatic heterocycles. The lowest BCUT2D eigenvalue weighted by Crippen LogP contribution is -2.44. The molecule has 0 amide bonds. The number of hydrogen-bond donors (Lipinski definition) is 1. The second-order valence-corrected chi connectivity index (χ2v) is 5.47. The van der Waals surface area contributed by atoms with E-state index in [1.54, 1.807) is 0 Å². The molecule has 1 heterocycles. The number of aliphatic hydroxyl groups excluding tert-OH is 1. The van der Waals surface area contributed by atoms with Crippen LogP contribution in [0.25, 0.3) is 0 Å². The number of hydrogen-bond acceptors (Lipinski definition) is 3. The number of halogens is 1. The van der Waals surface area contributed by atoms with Crippen molar-refractivity contribution in [3.8, 4) is 0 Å². The summed E-state index contributed by atoms with van der Waals surface area (Å²) in [6.45, 7) is 4.40. The van der Waals surface area contributed by atoms with Gasteiger partial charge in [-0.25, -0.2) is 0 Å². The van der Waals surface area contributed by atoms with E-state index in [2.05, 4.69) is 57.6 Å². The van der Waals surface area contributed by atoms with Crippen molar-refractivity contribution >= 4 is 28.3 Å². The predicted octanol–water partition coefficient (Wildman–Crippen LogP) is 1.54. The molecule has 1 aliphatic rings. The van der Waals surface area contributed by atoms with Crippen LogP contribution in [0.5, 0.6) is 0 Å². The molecule has 3 nitrogen and oxygen atoms in total. The third-order valence-electron chi connectivity index (χ3n) is 3.06. The van der Waals surface area contributed by atoms with Gasteiger partial charge >= 0.3 is 0 Å². The number of nitrogens with zero attached hydrogens (tertiary/aromatic N) is 2. The molecule has 1 N–H and O–H groups in total. The zero-order valence-electron chi connectivity index (χ0n) is 9.49. The van der Waals surface area contributed by atoms with E-state index in [9.17, 15) is 5.11 Å². The molecule has 16 heavy (non-hydrogen) atoms. The van der Waals surface area contributed by atoms with Crippen molar-refractivity contribution in [3.05, 3.63) is 27.3 Å². The molecule has 0 atom stereocenters. The molecular weight excluding hydrogens is 315 g/mol. The van der Waals surface area contributed by atoms with Gasteiger partial charge in [0.2, 0.25) is 0 Å². The van der Waals surface area contributed by atoms with Gasteiger partial charge in [0, 0.05) is 41.0 Å². The molecule has 4 heteroatoms. The lowest BCUT2D eigenvalue weighted by atomic mass is 10.1. The highest BCUT2D eigenvalue weighted by molar-refractivity contribution is 14.1. The van der Waals surface area contributed by atoms with E-state index in [0.717, 1.165) is 31.7 Å². The van der Waals surface area contributed by atoms with Crippen LogP contribution < -0.4 is 4.90 Å². The van der Waals surface area contributed by atoms with E-state index in [-0.39, 0.29) is 6.61 Å². The van der Waals surface area contributed by atoms with E-state index in [1.165, 1.54) is 9.26 Å². The van der Waals surface area contributed by atoms with Gasteiger partial charge in [-0.2, -0.15) is 0 Å². The molecule has 0 bridgehead atoms. The van der Waals surface area contributed by atoms with Crippen LogP contribution in [-0.4, -0.2) is 43.2 Å². The van der Waals surface area contributed by atoms with Crippen LogP contribution in [-0.2, 0) is 6.61 Å². The summed E-state index contributed by atoms with van der Waals surface area (Å²) in [6, 6.07) is 6.29. The summed E-state index contributed by atoms with van der Waals surface area (Å²) >= 11 is 2.28. The van der Waals surface area contributed by atoms with Crippen molar-refractivity contribution in [1.82, 2.24) is 4.90 Å². The third-order valence-corrected chi connectivity index (χ3v) is 3.73. The number of piperazine rings is 1. The smallest absolute Gasteiger partial charge is 0.0702 e. The van der Waals surface area contributed by atoms with Crippen molar-refractivity contribution in [2.45, 2.75) is 6.61 Å². The van der Waals surface area contributed by atoms with Gasteiger partial charge in [-0.05, 0) is 47.8 Å². The Bertz CT molecular complexity index is 362. The first-order valence-corrected chi connectivity index (χ1v) is 6.61. The van der Waals surface area contributed by atoms with Crippen LogP contribution in [0.1, 0.15) is 5.56 Å². The Balaban J connectivity index is 2.19. The lowest BCUT2D eigenvalue weighted by Gasteiger charge is -2.35. The van der Waals surface area contributed by atoms with Gasteiger partial charge in [0.1, 0.15) is 0 Å². The minimum Gasteiger partial charge on any atom is -0.392 e. The standard InChI is InChI=1S/C12H17IN2O/c1-14-4-6-15(7-5-14)12-3-2-11(13)8-10(12)9-16/h2-3,8,16H,4-7,9H2,1H3. The van der Waals surface area contributed by atoms with Crippen molar-refractivity contribution < 1.29 is 5.11 Å². The summed E-state index contributed by atoms with van der Waals surface area (Å²) in [5.74, 6) is 0. The number of benzene rings is 1. The molecule has 1 saturated heterocycles. The fourth-order valence-electron chi connectivity index (χ4n) is 2.04. The highest BCUT2D eigenvalue weighted by Crippen LogP contribution is 2.24. The first-order valence-electron chi connectivity index (χ1n) is 5.53. The zero-order chi connectivity index (χ0) is 11.5. The topological polar surface area (TPSA) is 26.7 Å². The Hall–Kier alpha value is -0.330. The van der Waals surface area contributed by atoms with Gasteiger partial charge in [-0.15, -0.1) is 0 Å². The highest BCUT2D eigenvalue weighted by Gasteiger charge is 2.16. The molecule has 0 aliphatic carbocycles.